The lowest BCUT2D eigenvalue weighted by Crippen LogP contribution is -2.37. The van der Waals surface area contributed by atoms with Crippen molar-refractivity contribution in [1.29, 1.82) is 0 Å². The zero-order chi connectivity index (χ0) is 30.7. The fourth-order valence-electron chi connectivity index (χ4n) is 4.65. The molecule has 0 aliphatic heterocycles. The summed E-state index contributed by atoms with van der Waals surface area (Å²) in [5, 5.41) is 0.571. The highest BCUT2D eigenvalue weighted by Gasteiger charge is 2.36. The van der Waals surface area contributed by atoms with Gasteiger partial charge in [0.25, 0.3) is 15.9 Å². The molecule has 0 fully saturated rings. The second-order valence-electron chi connectivity index (χ2n) is 9.14. The molecule has 5 rings (SSSR count). The molecule has 9 nitrogen and oxygen atoms in total. The van der Waals surface area contributed by atoms with Crippen molar-refractivity contribution in [2.75, 3.05) is 25.1 Å². The van der Waals surface area contributed by atoms with Gasteiger partial charge in [-0.25, -0.2) is 13.2 Å². The Kier molecular flexibility index (Phi) is 8.43. The number of rotatable bonds is 9. The van der Waals surface area contributed by atoms with Crippen molar-refractivity contribution in [3.63, 3.8) is 0 Å². The molecule has 0 aliphatic carbocycles. The van der Waals surface area contributed by atoms with Crippen molar-refractivity contribution in [3.05, 3.63) is 107 Å². The van der Waals surface area contributed by atoms with E-state index >= 15 is 0 Å². The number of benzene rings is 4. The van der Waals surface area contributed by atoms with Gasteiger partial charge in [0.2, 0.25) is 0 Å². The predicted molar refractivity (Wildman–Crippen MR) is 163 cm³/mol. The molecule has 220 valence electrons. The number of sulfonamides is 1. The summed E-state index contributed by atoms with van der Waals surface area (Å²) in [4.78, 5) is 27.4. The topological polar surface area (TPSA) is 112 Å². The first-order valence-electron chi connectivity index (χ1n) is 13.1. The summed E-state index contributed by atoms with van der Waals surface area (Å²) >= 11 is 6.02. The van der Waals surface area contributed by atoms with Crippen molar-refractivity contribution in [3.8, 4) is 22.8 Å². The number of methoxy groups -OCH3 is 2. The molecule has 4 aromatic carbocycles. The van der Waals surface area contributed by atoms with Gasteiger partial charge in [0.05, 0.1) is 31.4 Å². The first-order valence-corrected chi connectivity index (χ1v) is 14.9. The van der Waals surface area contributed by atoms with E-state index < -0.39 is 21.9 Å². The molecule has 0 radical (unpaired) electrons. The SMILES string of the molecule is CCOC(=O)c1c(-c2ccccc2)oc2ccc(N(C(=O)c3c(OC)cccc3OC)S(=O)(=O)c3ccc(Cl)cc3)cc12. The third kappa shape index (κ3) is 5.54. The summed E-state index contributed by atoms with van der Waals surface area (Å²) in [6.07, 6.45) is 0. The highest BCUT2D eigenvalue weighted by Crippen LogP contribution is 2.39. The molecule has 0 atom stereocenters. The highest BCUT2D eigenvalue weighted by atomic mass is 35.5. The maximum atomic E-state index is 14.3. The zero-order valence-electron chi connectivity index (χ0n) is 23.4. The van der Waals surface area contributed by atoms with Gasteiger partial charge < -0.3 is 18.6 Å². The Bertz CT molecular complexity index is 1900. The van der Waals surface area contributed by atoms with Crippen LogP contribution in [0.3, 0.4) is 0 Å². The van der Waals surface area contributed by atoms with Crippen LogP contribution in [-0.2, 0) is 14.8 Å². The summed E-state index contributed by atoms with van der Waals surface area (Å²) in [5.74, 6) is -1.17. The van der Waals surface area contributed by atoms with Gasteiger partial charge in [-0.1, -0.05) is 48.0 Å². The van der Waals surface area contributed by atoms with E-state index in [0.717, 1.165) is 0 Å². The van der Waals surface area contributed by atoms with Gasteiger partial charge in [0.1, 0.15) is 34.0 Å². The number of ether oxygens (including phenoxy) is 3. The molecule has 0 saturated carbocycles. The summed E-state index contributed by atoms with van der Waals surface area (Å²) < 4.78 is 51.3. The fraction of sp³-hybridized carbons (Fsp3) is 0.125. The van der Waals surface area contributed by atoms with Crippen molar-refractivity contribution >= 4 is 50.2 Å². The molecule has 1 amide bonds. The summed E-state index contributed by atoms with van der Waals surface area (Å²) in [6.45, 7) is 1.77. The lowest BCUT2D eigenvalue weighted by Gasteiger charge is -2.24. The number of nitrogens with zero attached hydrogens (tertiary/aromatic N) is 1. The number of furan rings is 1. The molecule has 0 N–H and O–H groups in total. The van der Waals surface area contributed by atoms with Crippen molar-refractivity contribution in [1.82, 2.24) is 0 Å². The zero-order valence-corrected chi connectivity index (χ0v) is 24.9. The van der Waals surface area contributed by atoms with Crippen LogP contribution in [0.5, 0.6) is 11.5 Å². The number of carbonyl (C=O) groups is 2. The van der Waals surface area contributed by atoms with Crippen LogP contribution >= 0.6 is 11.6 Å². The smallest absolute Gasteiger partial charge is 0.342 e. The molecule has 1 aromatic heterocycles. The maximum Gasteiger partial charge on any atom is 0.342 e. The Labute approximate surface area is 253 Å². The monoisotopic (exact) mass is 619 g/mol. The third-order valence-electron chi connectivity index (χ3n) is 6.60. The lowest BCUT2D eigenvalue weighted by atomic mass is 10.0. The number of carbonyl (C=O) groups excluding carboxylic acids is 2. The van der Waals surface area contributed by atoms with Gasteiger partial charge in [-0.2, -0.15) is 4.31 Å². The maximum absolute atomic E-state index is 14.3. The molecule has 0 aliphatic rings. The molecule has 0 spiro atoms. The summed E-state index contributed by atoms with van der Waals surface area (Å²) in [7, 11) is -1.84. The number of esters is 1. The van der Waals surface area contributed by atoms with E-state index in [1.165, 1.54) is 68.8 Å². The van der Waals surface area contributed by atoms with Gasteiger partial charge in [0.15, 0.2) is 0 Å². The Morgan fingerprint density at radius 1 is 0.837 bits per heavy atom. The Balaban J connectivity index is 1.79. The van der Waals surface area contributed by atoms with Crippen LogP contribution in [0.25, 0.3) is 22.3 Å². The third-order valence-corrected chi connectivity index (χ3v) is 8.58. The van der Waals surface area contributed by atoms with Crippen molar-refractivity contribution in [2.45, 2.75) is 11.8 Å². The molecule has 43 heavy (non-hydrogen) atoms. The number of hydrogen-bond acceptors (Lipinski definition) is 8. The second kappa shape index (κ2) is 12.2. The molecule has 0 unspecified atom stereocenters. The second-order valence-corrected chi connectivity index (χ2v) is 11.4. The van der Waals surface area contributed by atoms with Crippen LogP contribution in [0.2, 0.25) is 5.02 Å². The van der Waals surface area contributed by atoms with Crippen LogP contribution in [0.1, 0.15) is 27.6 Å². The molecular weight excluding hydrogens is 594 g/mol. The number of amides is 1. The summed E-state index contributed by atoms with van der Waals surface area (Å²) in [6, 6.07) is 23.3. The number of fused-ring (bicyclic) bond motifs is 1. The predicted octanol–water partition coefficient (Wildman–Crippen LogP) is 6.98. The van der Waals surface area contributed by atoms with E-state index in [9.17, 15) is 18.0 Å². The lowest BCUT2D eigenvalue weighted by molar-refractivity contribution is 0.0528. The van der Waals surface area contributed by atoms with Gasteiger partial charge >= 0.3 is 5.97 Å². The average Bonchev–Trinajstić information content (AvgIpc) is 3.40. The van der Waals surface area contributed by atoms with Crippen LogP contribution in [0.4, 0.5) is 5.69 Å². The quantitative estimate of drug-likeness (QED) is 0.162. The minimum atomic E-state index is -4.56. The van der Waals surface area contributed by atoms with E-state index in [1.807, 2.05) is 6.07 Å². The largest absolute Gasteiger partial charge is 0.496 e. The van der Waals surface area contributed by atoms with Gasteiger partial charge in [-0.05, 0) is 61.5 Å². The molecule has 11 heteroatoms. The highest BCUT2D eigenvalue weighted by molar-refractivity contribution is 7.93. The van der Waals surface area contributed by atoms with E-state index in [4.69, 9.17) is 30.2 Å². The normalized spacial score (nSPS) is 11.3. The minimum Gasteiger partial charge on any atom is -0.496 e. The Morgan fingerprint density at radius 3 is 2.09 bits per heavy atom. The van der Waals surface area contributed by atoms with Crippen molar-refractivity contribution < 1.29 is 36.6 Å². The molecule has 0 saturated heterocycles. The van der Waals surface area contributed by atoms with Crippen LogP contribution < -0.4 is 13.8 Å². The van der Waals surface area contributed by atoms with Crippen LogP contribution in [-0.4, -0.2) is 41.1 Å². The molecular formula is C32H26ClNO8S. The Hall–Kier alpha value is -4.80. The minimum absolute atomic E-state index is 0.0635. The Morgan fingerprint density at radius 2 is 1.49 bits per heavy atom. The first kappa shape index (κ1) is 29.7. The number of hydrogen-bond donors (Lipinski definition) is 0. The number of halogens is 1. The average molecular weight is 620 g/mol. The molecule has 1 heterocycles. The standard InChI is InChI=1S/C32H26ClNO8S/c1-4-41-32(36)28-24-19-22(15-18-25(24)42-30(28)20-9-6-5-7-10-20)34(43(37,38)23-16-13-21(33)14-17-23)31(35)29-26(39-2)11-8-12-27(29)40-3/h5-19H,4H2,1-3H3. The van der Waals surface area contributed by atoms with E-state index in [-0.39, 0.29) is 56.5 Å². The van der Waals surface area contributed by atoms with E-state index in [1.54, 1.807) is 37.3 Å². The van der Waals surface area contributed by atoms with Gasteiger partial charge in [0, 0.05) is 16.0 Å². The number of anilines is 1. The first-order chi connectivity index (χ1) is 20.7. The molecule has 0 bridgehead atoms. The van der Waals surface area contributed by atoms with Gasteiger partial charge in [-0.15, -0.1) is 0 Å². The molecule has 5 aromatic rings. The fourth-order valence-corrected chi connectivity index (χ4v) is 6.17. The van der Waals surface area contributed by atoms with Crippen molar-refractivity contribution in [2.24, 2.45) is 0 Å². The van der Waals surface area contributed by atoms with Gasteiger partial charge in [-0.3, -0.25) is 4.79 Å². The van der Waals surface area contributed by atoms with Crippen LogP contribution in [0, 0.1) is 0 Å². The summed E-state index contributed by atoms with van der Waals surface area (Å²) in [5.41, 5.74) is 0.816. The van der Waals surface area contributed by atoms with Crippen LogP contribution in [0.15, 0.2) is 100 Å². The van der Waals surface area contributed by atoms with E-state index in [0.29, 0.717) is 14.9 Å². The van der Waals surface area contributed by atoms with E-state index in [2.05, 4.69) is 0 Å².